The van der Waals surface area contributed by atoms with E-state index >= 15 is 0 Å². The highest BCUT2D eigenvalue weighted by Gasteiger charge is 2.19. The van der Waals surface area contributed by atoms with Crippen molar-refractivity contribution < 1.29 is 19.1 Å². The minimum absolute atomic E-state index is 0.0160. The van der Waals surface area contributed by atoms with E-state index in [2.05, 4.69) is 24.4 Å². The van der Waals surface area contributed by atoms with Crippen molar-refractivity contribution in [2.24, 2.45) is 0 Å². The van der Waals surface area contributed by atoms with Crippen molar-refractivity contribution in [1.29, 1.82) is 0 Å². The first-order chi connectivity index (χ1) is 11.6. The first-order valence-electron chi connectivity index (χ1n) is 8.41. The third-order valence-corrected chi connectivity index (χ3v) is 5.85. The summed E-state index contributed by atoms with van der Waals surface area (Å²) in [6.07, 6.45) is 0.779. The van der Waals surface area contributed by atoms with E-state index < -0.39 is 7.60 Å². The zero-order valence-corrected chi connectivity index (χ0v) is 16.4. The van der Waals surface area contributed by atoms with E-state index in [1.807, 2.05) is 32.0 Å². The van der Waals surface area contributed by atoms with Crippen LogP contribution < -0.4 is 0 Å². The summed E-state index contributed by atoms with van der Waals surface area (Å²) in [5.74, 6) is 0.595. The average molecular weight is 362 g/mol. The van der Waals surface area contributed by atoms with Crippen molar-refractivity contribution in [3.63, 3.8) is 0 Å². The third-order valence-electron chi connectivity index (χ3n) is 4.52. The van der Waals surface area contributed by atoms with Crippen LogP contribution in [-0.4, -0.2) is 17.1 Å². The fourth-order valence-electron chi connectivity index (χ4n) is 3.13. The van der Waals surface area contributed by atoms with Crippen molar-refractivity contribution in [3.05, 3.63) is 63.7 Å². The summed E-state index contributed by atoms with van der Waals surface area (Å²) in [7, 11) is -2.31. The Hall–Kier alpha value is -1.61. The zero-order valence-electron chi connectivity index (χ0n) is 15.5. The van der Waals surface area contributed by atoms with E-state index in [0.29, 0.717) is 5.75 Å². The summed E-state index contributed by atoms with van der Waals surface area (Å²) in [4.78, 5) is 9.68. The molecule has 1 unspecified atom stereocenters. The lowest BCUT2D eigenvalue weighted by atomic mass is 9.92. The Morgan fingerprint density at radius 2 is 1.68 bits per heavy atom. The van der Waals surface area contributed by atoms with Gasteiger partial charge in [-0.05, 0) is 65.6 Å². The van der Waals surface area contributed by atoms with E-state index in [1.54, 1.807) is 6.07 Å². The first-order valence-corrected chi connectivity index (χ1v) is 10.2. The number of hydrogen-bond acceptors (Lipinski definition) is 3. The Kier molecular flexibility index (Phi) is 6.10. The summed E-state index contributed by atoms with van der Waals surface area (Å²) in [5, 5.41) is 9.99. The predicted octanol–water partition coefficient (Wildman–Crippen LogP) is 5.06. The maximum Gasteiger partial charge on any atom is 0.332 e. The molecule has 2 aromatic rings. The quantitative estimate of drug-likeness (QED) is 0.705. The highest BCUT2D eigenvalue weighted by atomic mass is 31.2. The Morgan fingerprint density at radius 1 is 1.08 bits per heavy atom. The molecule has 0 radical (unpaired) electrons. The third kappa shape index (κ3) is 4.94. The second-order valence-corrected chi connectivity index (χ2v) is 8.87. The maximum absolute atomic E-state index is 11.8. The molecule has 0 fully saturated rings. The van der Waals surface area contributed by atoms with Gasteiger partial charge in [-0.15, -0.1) is 0 Å². The molecule has 0 bridgehead atoms. The Bertz CT molecular complexity index is 788. The van der Waals surface area contributed by atoms with Crippen molar-refractivity contribution in [3.8, 4) is 5.75 Å². The zero-order chi connectivity index (χ0) is 18.8. The van der Waals surface area contributed by atoms with Crippen LogP contribution in [0, 0.1) is 13.8 Å². The Morgan fingerprint density at radius 3 is 2.20 bits per heavy atom. The molecule has 0 spiro atoms. The topological polar surface area (TPSA) is 66.8 Å². The lowest BCUT2D eigenvalue weighted by molar-refractivity contribution is 0.314. The lowest BCUT2D eigenvalue weighted by Gasteiger charge is -2.16. The molecule has 5 heteroatoms. The molecule has 136 valence electrons. The summed E-state index contributed by atoms with van der Waals surface area (Å²) in [6, 6.07) is 9.66. The van der Waals surface area contributed by atoms with Gasteiger partial charge in [0.25, 0.3) is 0 Å². The highest BCUT2D eigenvalue weighted by Crippen LogP contribution is 2.45. The molecule has 2 aromatic carbocycles. The van der Waals surface area contributed by atoms with Crippen molar-refractivity contribution in [2.75, 3.05) is 7.11 Å². The van der Waals surface area contributed by atoms with E-state index in [1.165, 1.54) is 12.7 Å². The van der Waals surface area contributed by atoms with Crippen molar-refractivity contribution in [2.45, 2.75) is 46.2 Å². The summed E-state index contributed by atoms with van der Waals surface area (Å²) < 4.78 is 16.5. The number of rotatable bonds is 6. The molecule has 0 aliphatic rings. The number of phenols is 1. The molecule has 4 nitrogen and oxygen atoms in total. The van der Waals surface area contributed by atoms with Crippen LogP contribution in [0.3, 0.4) is 0 Å². The summed E-state index contributed by atoms with van der Waals surface area (Å²) in [6.45, 7) is 8.16. The average Bonchev–Trinajstić information content (AvgIpc) is 2.51. The van der Waals surface area contributed by atoms with Crippen molar-refractivity contribution >= 4 is 7.60 Å². The van der Waals surface area contributed by atoms with E-state index in [4.69, 9.17) is 0 Å². The first kappa shape index (κ1) is 19.7. The van der Waals surface area contributed by atoms with Gasteiger partial charge in [0.15, 0.2) is 0 Å². The SMILES string of the molecule is COP(=O)(O)Cc1cc(C)c(Cc2ccc(O)c(C(C)C)c2)c(C)c1. The number of hydrogen-bond donors (Lipinski definition) is 2. The summed E-state index contributed by atoms with van der Waals surface area (Å²) in [5.41, 5.74) is 6.28. The van der Waals surface area contributed by atoms with Crippen LogP contribution in [0.1, 0.15) is 53.1 Å². The summed E-state index contributed by atoms with van der Waals surface area (Å²) >= 11 is 0. The molecule has 0 aromatic heterocycles. The van der Waals surface area contributed by atoms with Gasteiger partial charge in [0.05, 0.1) is 6.16 Å². The van der Waals surface area contributed by atoms with Crippen LogP contribution in [-0.2, 0) is 21.7 Å². The smallest absolute Gasteiger partial charge is 0.332 e. The molecule has 2 N–H and O–H groups in total. The van der Waals surface area contributed by atoms with Crippen LogP contribution in [0.15, 0.2) is 30.3 Å². The number of phenolic OH excluding ortho intramolecular Hbond substituents is 1. The van der Waals surface area contributed by atoms with Crippen molar-refractivity contribution in [1.82, 2.24) is 0 Å². The van der Waals surface area contributed by atoms with E-state index in [-0.39, 0.29) is 12.1 Å². The predicted molar refractivity (Wildman–Crippen MR) is 101 cm³/mol. The van der Waals surface area contributed by atoms with Gasteiger partial charge in [0.1, 0.15) is 5.75 Å². The van der Waals surface area contributed by atoms with Gasteiger partial charge < -0.3 is 14.5 Å². The number of benzene rings is 2. The van der Waals surface area contributed by atoms with Crippen LogP contribution >= 0.6 is 7.60 Å². The Balaban J connectivity index is 2.32. The fraction of sp³-hybridized carbons (Fsp3) is 0.400. The highest BCUT2D eigenvalue weighted by molar-refractivity contribution is 7.51. The van der Waals surface area contributed by atoms with Crippen LogP contribution in [0.5, 0.6) is 5.75 Å². The molecule has 0 saturated heterocycles. The largest absolute Gasteiger partial charge is 0.508 e. The number of aryl methyl sites for hydroxylation is 2. The molecule has 0 amide bonds. The second kappa shape index (κ2) is 7.74. The van der Waals surface area contributed by atoms with Gasteiger partial charge in [0, 0.05) is 7.11 Å². The molecular formula is C20H27O4P. The van der Waals surface area contributed by atoms with Gasteiger partial charge in [0.2, 0.25) is 0 Å². The minimum Gasteiger partial charge on any atom is -0.508 e. The normalized spacial score (nSPS) is 13.9. The molecule has 0 saturated carbocycles. The number of aromatic hydroxyl groups is 1. The maximum atomic E-state index is 11.8. The minimum atomic E-state index is -3.57. The Labute approximate surface area is 150 Å². The lowest BCUT2D eigenvalue weighted by Crippen LogP contribution is -2.00. The molecular weight excluding hydrogens is 335 g/mol. The van der Waals surface area contributed by atoms with Gasteiger partial charge in [-0.25, -0.2) is 0 Å². The van der Waals surface area contributed by atoms with Gasteiger partial charge in [-0.1, -0.05) is 38.1 Å². The van der Waals surface area contributed by atoms with Gasteiger partial charge >= 0.3 is 7.60 Å². The van der Waals surface area contributed by atoms with E-state index in [0.717, 1.165) is 34.2 Å². The monoisotopic (exact) mass is 362 g/mol. The standard InChI is InChI=1S/C20H27O4P/c1-13(2)18-10-16(6-7-20(18)21)11-19-14(3)8-17(9-15(19)4)12-25(22,23)24-5/h6-10,13,21H,11-12H2,1-5H3,(H,22,23). The fourth-order valence-corrected chi connectivity index (χ4v) is 3.90. The molecule has 0 aliphatic carbocycles. The molecule has 2 rings (SSSR count). The molecule has 1 atom stereocenters. The molecule has 0 aliphatic heterocycles. The van der Waals surface area contributed by atoms with Gasteiger partial charge in [-0.2, -0.15) is 0 Å². The van der Waals surface area contributed by atoms with E-state index in [9.17, 15) is 14.6 Å². The van der Waals surface area contributed by atoms with Crippen LogP contribution in [0.4, 0.5) is 0 Å². The van der Waals surface area contributed by atoms with Crippen LogP contribution in [0.25, 0.3) is 0 Å². The molecule has 0 heterocycles. The molecule has 25 heavy (non-hydrogen) atoms. The van der Waals surface area contributed by atoms with Crippen LogP contribution in [0.2, 0.25) is 0 Å². The van der Waals surface area contributed by atoms with Gasteiger partial charge in [-0.3, -0.25) is 4.57 Å². The second-order valence-electron chi connectivity index (χ2n) is 6.91.